The van der Waals surface area contributed by atoms with Crippen LogP contribution in [0.1, 0.15) is 11.3 Å². The molecule has 0 saturated heterocycles. The van der Waals surface area contributed by atoms with Crippen LogP contribution in [0.5, 0.6) is 0 Å². The zero-order valence-corrected chi connectivity index (χ0v) is 16.3. The highest BCUT2D eigenvalue weighted by Gasteiger charge is 2.17. The van der Waals surface area contributed by atoms with Gasteiger partial charge in [-0.2, -0.15) is 0 Å². The van der Waals surface area contributed by atoms with Gasteiger partial charge in [-0.05, 0) is 30.5 Å². The van der Waals surface area contributed by atoms with Crippen LogP contribution in [0.15, 0.2) is 52.0 Å². The Morgan fingerprint density at radius 2 is 1.96 bits per heavy atom. The lowest BCUT2D eigenvalue weighted by atomic mass is 10.2. The molecule has 2 N–H and O–H groups in total. The predicted molar refractivity (Wildman–Crippen MR) is 102 cm³/mol. The van der Waals surface area contributed by atoms with E-state index in [4.69, 9.17) is 4.42 Å². The van der Waals surface area contributed by atoms with Crippen LogP contribution in [0.25, 0.3) is 0 Å². The summed E-state index contributed by atoms with van der Waals surface area (Å²) in [5.41, 5.74) is 1.19. The zero-order valence-electron chi connectivity index (χ0n) is 15.5. The number of benzene rings is 1. The van der Waals surface area contributed by atoms with Gasteiger partial charge in [0.25, 0.3) is 5.91 Å². The van der Waals surface area contributed by atoms with Gasteiger partial charge in [0.05, 0.1) is 26.4 Å². The topological polar surface area (TPSA) is 67.0 Å². The second kappa shape index (κ2) is 10.0. The molecule has 6 nitrogen and oxygen atoms in total. The van der Waals surface area contributed by atoms with Crippen LogP contribution in [0.4, 0.5) is 0 Å². The summed E-state index contributed by atoms with van der Waals surface area (Å²) in [7, 11) is 3.63. The van der Waals surface area contributed by atoms with Crippen LogP contribution < -0.4 is 10.2 Å². The standard InChI is InChI=1S/C19H25N3O3S/c1-21(12-15-6-8-17(26-3)9-7-15)14-19(24)22(2)13-18(23)20-11-16-5-4-10-25-16/h4-10H,11-14H2,1-3H3,(H,20,23)/p+1. The molecule has 0 aliphatic heterocycles. The molecule has 140 valence electrons. The van der Waals surface area contributed by atoms with E-state index in [0.29, 0.717) is 18.8 Å². The van der Waals surface area contributed by atoms with Gasteiger partial charge in [-0.15, -0.1) is 11.8 Å². The SMILES string of the molecule is CSc1ccc(C[NH+](C)CC(=O)N(C)CC(=O)NCc2ccco2)cc1. The van der Waals surface area contributed by atoms with Crippen LogP contribution >= 0.6 is 11.8 Å². The number of carbonyl (C=O) groups excluding carboxylic acids is 2. The van der Waals surface area contributed by atoms with E-state index in [1.165, 1.54) is 15.4 Å². The first-order valence-corrected chi connectivity index (χ1v) is 9.67. The number of carbonyl (C=O) groups is 2. The fourth-order valence-corrected chi connectivity index (χ4v) is 2.91. The fraction of sp³-hybridized carbons (Fsp3) is 0.368. The number of furan rings is 1. The molecule has 26 heavy (non-hydrogen) atoms. The van der Waals surface area contributed by atoms with Gasteiger partial charge in [0.1, 0.15) is 12.3 Å². The summed E-state index contributed by atoms with van der Waals surface area (Å²) < 4.78 is 5.16. The van der Waals surface area contributed by atoms with Gasteiger partial charge < -0.3 is 19.5 Å². The molecule has 0 fully saturated rings. The lowest BCUT2D eigenvalue weighted by Crippen LogP contribution is -3.08. The highest BCUT2D eigenvalue weighted by molar-refractivity contribution is 7.98. The lowest BCUT2D eigenvalue weighted by Gasteiger charge is -2.19. The lowest BCUT2D eigenvalue weighted by molar-refractivity contribution is -0.885. The van der Waals surface area contributed by atoms with Crippen molar-refractivity contribution >= 4 is 23.6 Å². The molecular formula is C19H26N3O3S+. The second-order valence-corrected chi connectivity index (χ2v) is 7.14. The summed E-state index contributed by atoms with van der Waals surface area (Å²) in [6.45, 7) is 1.46. The number of thioether (sulfide) groups is 1. The van der Waals surface area contributed by atoms with Crippen LogP contribution in [0, 0.1) is 0 Å². The molecule has 1 heterocycles. The average Bonchev–Trinajstić information content (AvgIpc) is 3.14. The molecule has 0 aliphatic rings. The second-order valence-electron chi connectivity index (χ2n) is 6.26. The first kappa shape index (κ1) is 20.1. The molecule has 2 amide bonds. The van der Waals surface area contributed by atoms with Gasteiger partial charge in [-0.25, -0.2) is 0 Å². The normalized spacial score (nSPS) is 11.8. The van der Waals surface area contributed by atoms with E-state index in [0.717, 1.165) is 11.4 Å². The van der Waals surface area contributed by atoms with E-state index >= 15 is 0 Å². The van der Waals surface area contributed by atoms with Crippen molar-refractivity contribution < 1.29 is 18.9 Å². The first-order valence-electron chi connectivity index (χ1n) is 8.45. The van der Waals surface area contributed by atoms with Crippen LogP contribution in [0.3, 0.4) is 0 Å². The smallest absolute Gasteiger partial charge is 0.277 e. The Bertz CT molecular complexity index is 701. The summed E-state index contributed by atoms with van der Waals surface area (Å²) >= 11 is 1.71. The predicted octanol–water partition coefficient (Wildman–Crippen LogP) is 0.791. The first-order chi connectivity index (χ1) is 12.5. The quantitative estimate of drug-likeness (QED) is 0.635. The Balaban J connectivity index is 1.73. The maximum absolute atomic E-state index is 12.3. The molecule has 1 aromatic heterocycles. The molecule has 1 aromatic carbocycles. The largest absolute Gasteiger partial charge is 0.467 e. The maximum Gasteiger partial charge on any atom is 0.277 e. The Morgan fingerprint density at radius 1 is 1.23 bits per heavy atom. The van der Waals surface area contributed by atoms with Crippen LogP contribution in [-0.2, 0) is 22.7 Å². The van der Waals surface area contributed by atoms with Crippen molar-refractivity contribution in [3.8, 4) is 0 Å². The number of likely N-dealkylation sites (N-methyl/N-ethyl adjacent to an activating group) is 2. The van der Waals surface area contributed by atoms with Gasteiger partial charge in [-0.1, -0.05) is 12.1 Å². The minimum absolute atomic E-state index is 0.0369. The molecule has 2 aromatic rings. The molecular weight excluding hydrogens is 350 g/mol. The van der Waals surface area contributed by atoms with E-state index in [2.05, 4.69) is 29.6 Å². The fourth-order valence-electron chi connectivity index (χ4n) is 2.51. The van der Waals surface area contributed by atoms with Crippen molar-refractivity contribution in [1.29, 1.82) is 0 Å². The average molecular weight is 377 g/mol. The van der Waals surface area contributed by atoms with E-state index < -0.39 is 0 Å². The number of nitrogens with one attached hydrogen (secondary N) is 2. The summed E-state index contributed by atoms with van der Waals surface area (Å²) in [6, 6.07) is 11.9. The molecule has 7 heteroatoms. The molecule has 1 unspecified atom stereocenters. The molecule has 0 bridgehead atoms. The Hall–Kier alpha value is -2.25. The van der Waals surface area contributed by atoms with Crippen molar-refractivity contribution in [2.24, 2.45) is 0 Å². The van der Waals surface area contributed by atoms with Crippen molar-refractivity contribution in [1.82, 2.24) is 10.2 Å². The van der Waals surface area contributed by atoms with E-state index in [9.17, 15) is 9.59 Å². The van der Waals surface area contributed by atoms with E-state index in [1.807, 2.05) is 13.3 Å². The Morgan fingerprint density at radius 3 is 2.58 bits per heavy atom. The molecule has 0 radical (unpaired) electrons. The van der Waals surface area contributed by atoms with E-state index in [-0.39, 0.29) is 18.4 Å². The minimum Gasteiger partial charge on any atom is -0.467 e. The molecule has 0 aliphatic carbocycles. The third-order valence-corrected chi connectivity index (χ3v) is 4.71. The van der Waals surface area contributed by atoms with Gasteiger partial charge in [0.15, 0.2) is 6.54 Å². The summed E-state index contributed by atoms with van der Waals surface area (Å²) in [4.78, 5) is 28.0. The van der Waals surface area contributed by atoms with E-state index in [1.54, 1.807) is 37.2 Å². The minimum atomic E-state index is -0.206. The van der Waals surface area contributed by atoms with Crippen LogP contribution in [-0.4, -0.2) is 50.2 Å². The van der Waals surface area contributed by atoms with Gasteiger partial charge in [-0.3, -0.25) is 9.59 Å². The van der Waals surface area contributed by atoms with Crippen molar-refractivity contribution in [2.45, 2.75) is 18.0 Å². The number of nitrogens with zero attached hydrogens (tertiary/aromatic N) is 1. The van der Waals surface area contributed by atoms with Gasteiger partial charge >= 0.3 is 0 Å². The molecule has 1 atom stereocenters. The highest BCUT2D eigenvalue weighted by Crippen LogP contribution is 2.14. The highest BCUT2D eigenvalue weighted by atomic mass is 32.2. The number of amides is 2. The Kier molecular flexibility index (Phi) is 7.74. The van der Waals surface area contributed by atoms with Gasteiger partial charge in [0, 0.05) is 17.5 Å². The summed E-state index contributed by atoms with van der Waals surface area (Å²) in [5, 5.41) is 2.74. The molecule has 0 saturated carbocycles. The zero-order chi connectivity index (χ0) is 18.9. The van der Waals surface area contributed by atoms with Crippen molar-refractivity contribution in [3.05, 3.63) is 54.0 Å². The van der Waals surface area contributed by atoms with Crippen molar-refractivity contribution in [2.75, 3.05) is 33.4 Å². The Labute approximate surface area is 158 Å². The molecule has 0 spiro atoms. The van der Waals surface area contributed by atoms with Gasteiger partial charge in [0.2, 0.25) is 5.91 Å². The third kappa shape index (κ3) is 6.57. The number of rotatable bonds is 9. The maximum atomic E-state index is 12.3. The monoisotopic (exact) mass is 376 g/mol. The number of quaternary nitrogens is 1. The number of hydrogen-bond acceptors (Lipinski definition) is 4. The number of hydrogen-bond donors (Lipinski definition) is 2. The van der Waals surface area contributed by atoms with Crippen molar-refractivity contribution in [3.63, 3.8) is 0 Å². The third-order valence-electron chi connectivity index (χ3n) is 3.96. The summed E-state index contributed by atoms with van der Waals surface area (Å²) in [6.07, 6.45) is 3.61. The van der Waals surface area contributed by atoms with Crippen LogP contribution in [0.2, 0.25) is 0 Å². The summed E-state index contributed by atoms with van der Waals surface area (Å²) in [5.74, 6) is 0.419. The molecule has 2 rings (SSSR count).